The van der Waals surface area contributed by atoms with Crippen LogP contribution in [0.4, 0.5) is 5.69 Å². The van der Waals surface area contributed by atoms with Crippen molar-refractivity contribution in [3.8, 4) is 0 Å². The van der Waals surface area contributed by atoms with Crippen LogP contribution in [0, 0.1) is 10.1 Å². The van der Waals surface area contributed by atoms with Crippen molar-refractivity contribution < 1.29 is 9.72 Å². The SMILES string of the molecule is CCCC/C=C(/C(CC(C)=O)c1ccc([N+](=O)[O-])cc1)[Si](C)(C)C. The van der Waals surface area contributed by atoms with Gasteiger partial charge in [-0.1, -0.05) is 62.8 Å². The third kappa shape index (κ3) is 6.04. The van der Waals surface area contributed by atoms with E-state index in [2.05, 4.69) is 32.6 Å². The molecule has 24 heavy (non-hydrogen) atoms. The first-order valence-corrected chi connectivity index (χ1v) is 12.1. The number of hydrogen-bond acceptors (Lipinski definition) is 3. The highest BCUT2D eigenvalue weighted by atomic mass is 28.3. The monoisotopic (exact) mass is 347 g/mol. The molecule has 0 aliphatic heterocycles. The van der Waals surface area contributed by atoms with E-state index < -0.39 is 8.07 Å². The van der Waals surface area contributed by atoms with Crippen LogP contribution in [0.5, 0.6) is 0 Å². The van der Waals surface area contributed by atoms with Gasteiger partial charge in [-0.3, -0.25) is 14.9 Å². The van der Waals surface area contributed by atoms with Gasteiger partial charge in [-0.15, -0.1) is 0 Å². The number of unbranched alkanes of at least 4 members (excludes halogenated alkanes) is 2. The molecule has 1 unspecified atom stereocenters. The Morgan fingerprint density at radius 2 is 1.83 bits per heavy atom. The number of ketones is 1. The Kier molecular flexibility index (Phi) is 7.54. The van der Waals surface area contributed by atoms with Gasteiger partial charge in [-0.25, -0.2) is 0 Å². The Morgan fingerprint density at radius 1 is 1.25 bits per heavy atom. The summed E-state index contributed by atoms with van der Waals surface area (Å²) < 4.78 is 0. The zero-order chi connectivity index (χ0) is 18.3. The van der Waals surface area contributed by atoms with Crippen LogP contribution in [-0.2, 0) is 4.79 Å². The second kappa shape index (κ2) is 8.92. The lowest BCUT2D eigenvalue weighted by Gasteiger charge is -2.29. The third-order valence-electron chi connectivity index (χ3n) is 4.16. The van der Waals surface area contributed by atoms with Crippen LogP contribution >= 0.6 is 0 Å². The van der Waals surface area contributed by atoms with Crippen molar-refractivity contribution >= 4 is 19.5 Å². The Bertz CT molecular complexity index is 600. The topological polar surface area (TPSA) is 60.2 Å². The van der Waals surface area contributed by atoms with Crippen LogP contribution in [-0.4, -0.2) is 18.8 Å². The highest BCUT2D eigenvalue weighted by Gasteiger charge is 2.29. The number of nitro benzene ring substituents is 1. The van der Waals surface area contributed by atoms with Crippen LogP contribution in [0.25, 0.3) is 0 Å². The number of nitro groups is 1. The highest BCUT2D eigenvalue weighted by molar-refractivity contribution is 6.83. The molecule has 1 rings (SSSR count). The van der Waals surface area contributed by atoms with Crippen LogP contribution < -0.4 is 0 Å². The van der Waals surface area contributed by atoms with E-state index in [4.69, 9.17) is 0 Å². The molecule has 0 saturated heterocycles. The molecule has 1 aromatic carbocycles. The highest BCUT2D eigenvalue weighted by Crippen LogP contribution is 2.35. The smallest absolute Gasteiger partial charge is 0.269 e. The normalized spacial score (nSPS) is 13.6. The summed E-state index contributed by atoms with van der Waals surface area (Å²) in [6.07, 6.45) is 6.09. The summed E-state index contributed by atoms with van der Waals surface area (Å²) in [5.41, 5.74) is 1.09. The van der Waals surface area contributed by atoms with Crippen molar-refractivity contribution in [2.75, 3.05) is 0 Å². The quantitative estimate of drug-likeness (QED) is 0.251. The van der Waals surface area contributed by atoms with Gasteiger partial charge in [0.05, 0.1) is 13.0 Å². The molecule has 5 heteroatoms. The second-order valence-electron chi connectivity index (χ2n) is 7.36. The minimum Gasteiger partial charge on any atom is -0.300 e. The van der Waals surface area contributed by atoms with Crippen LogP contribution in [0.2, 0.25) is 19.6 Å². The number of carbonyl (C=O) groups excluding carboxylic acids is 1. The molecule has 4 nitrogen and oxygen atoms in total. The molecule has 0 bridgehead atoms. The minimum atomic E-state index is -1.61. The fourth-order valence-corrected chi connectivity index (χ4v) is 5.03. The summed E-state index contributed by atoms with van der Waals surface area (Å²) in [5, 5.41) is 12.2. The average Bonchev–Trinajstić information content (AvgIpc) is 2.48. The minimum absolute atomic E-state index is 0.0341. The van der Waals surface area contributed by atoms with Crippen molar-refractivity contribution in [2.24, 2.45) is 0 Å². The molecule has 0 spiro atoms. The van der Waals surface area contributed by atoms with E-state index in [1.165, 1.54) is 17.3 Å². The number of rotatable bonds is 9. The number of benzene rings is 1. The van der Waals surface area contributed by atoms with Gasteiger partial charge in [-0.05, 0) is 18.9 Å². The van der Waals surface area contributed by atoms with E-state index in [0.717, 1.165) is 24.8 Å². The molecule has 132 valence electrons. The molecular formula is C19H29NO3Si. The number of non-ortho nitro benzene ring substituents is 1. The molecule has 0 aliphatic carbocycles. The molecule has 0 aromatic heterocycles. The maximum absolute atomic E-state index is 11.8. The Labute approximate surface area is 146 Å². The van der Waals surface area contributed by atoms with Gasteiger partial charge in [0.15, 0.2) is 0 Å². The molecule has 0 radical (unpaired) electrons. The number of allylic oxidation sites excluding steroid dienone is 2. The van der Waals surface area contributed by atoms with Gasteiger partial charge >= 0.3 is 0 Å². The van der Waals surface area contributed by atoms with Gasteiger partial charge in [0.2, 0.25) is 0 Å². The van der Waals surface area contributed by atoms with E-state index in [1.54, 1.807) is 19.1 Å². The summed E-state index contributed by atoms with van der Waals surface area (Å²) >= 11 is 0. The van der Waals surface area contributed by atoms with Crippen LogP contribution in [0.3, 0.4) is 0 Å². The van der Waals surface area contributed by atoms with E-state index in [1.807, 2.05) is 0 Å². The molecule has 0 amide bonds. The lowest BCUT2D eigenvalue weighted by atomic mass is 9.92. The van der Waals surface area contributed by atoms with Gasteiger partial charge in [0.1, 0.15) is 5.78 Å². The zero-order valence-corrected chi connectivity index (χ0v) is 16.5. The van der Waals surface area contributed by atoms with Crippen molar-refractivity contribution in [3.63, 3.8) is 0 Å². The summed E-state index contributed by atoms with van der Waals surface area (Å²) in [7, 11) is -1.61. The first-order valence-electron chi connectivity index (χ1n) is 8.61. The van der Waals surface area contributed by atoms with E-state index in [9.17, 15) is 14.9 Å². The van der Waals surface area contributed by atoms with Crippen molar-refractivity contribution in [2.45, 2.75) is 65.1 Å². The fraction of sp³-hybridized carbons (Fsp3) is 0.526. The maximum atomic E-state index is 11.8. The average molecular weight is 348 g/mol. The first-order chi connectivity index (χ1) is 11.2. The van der Waals surface area contributed by atoms with Crippen molar-refractivity contribution in [1.82, 2.24) is 0 Å². The standard InChI is InChI=1S/C19H29NO3Si/c1-6-7-8-9-19(24(3,4)5)18(14-15(2)21)16-10-12-17(13-11-16)20(22)23/h9-13,18H,6-8,14H2,1-5H3/b19-9-. The molecule has 1 aromatic rings. The van der Waals surface area contributed by atoms with E-state index >= 15 is 0 Å². The summed E-state index contributed by atoms with van der Waals surface area (Å²) in [6, 6.07) is 6.69. The fourth-order valence-electron chi connectivity index (χ4n) is 2.96. The number of Topliss-reactive ketones (excluding diaryl/α,β-unsaturated/α-hetero) is 1. The number of nitrogens with zero attached hydrogens (tertiary/aromatic N) is 1. The first kappa shape index (κ1) is 20.3. The molecule has 0 heterocycles. The molecule has 0 N–H and O–H groups in total. The number of carbonyl (C=O) groups is 1. The molecular weight excluding hydrogens is 318 g/mol. The van der Waals surface area contributed by atoms with E-state index in [0.29, 0.717) is 6.42 Å². The summed E-state index contributed by atoms with van der Waals surface area (Å²) in [5.74, 6) is 0.185. The Balaban J connectivity index is 3.27. The Morgan fingerprint density at radius 3 is 2.25 bits per heavy atom. The predicted molar refractivity (Wildman–Crippen MR) is 102 cm³/mol. The molecule has 0 fully saturated rings. The third-order valence-corrected chi connectivity index (χ3v) is 6.45. The van der Waals surface area contributed by atoms with Crippen molar-refractivity contribution in [3.05, 3.63) is 51.2 Å². The summed E-state index contributed by atoms with van der Waals surface area (Å²) in [6.45, 7) is 10.7. The van der Waals surface area contributed by atoms with Crippen LogP contribution in [0.15, 0.2) is 35.5 Å². The lowest BCUT2D eigenvalue weighted by Crippen LogP contribution is -2.29. The molecule has 0 aliphatic rings. The van der Waals surface area contributed by atoms with Gasteiger partial charge in [-0.2, -0.15) is 0 Å². The zero-order valence-electron chi connectivity index (χ0n) is 15.5. The number of hydrogen-bond donors (Lipinski definition) is 0. The predicted octanol–water partition coefficient (Wildman–Crippen LogP) is 5.65. The molecule has 1 atom stereocenters. The second-order valence-corrected chi connectivity index (χ2v) is 12.4. The van der Waals surface area contributed by atoms with Crippen LogP contribution in [0.1, 0.15) is 51.0 Å². The molecule has 0 saturated carbocycles. The van der Waals surface area contributed by atoms with Gasteiger partial charge in [0, 0.05) is 24.5 Å². The lowest BCUT2D eigenvalue weighted by molar-refractivity contribution is -0.384. The van der Waals surface area contributed by atoms with E-state index in [-0.39, 0.29) is 22.3 Å². The van der Waals surface area contributed by atoms with Gasteiger partial charge in [0.25, 0.3) is 5.69 Å². The van der Waals surface area contributed by atoms with Gasteiger partial charge < -0.3 is 0 Å². The summed E-state index contributed by atoms with van der Waals surface area (Å²) in [4.78, 5) is 22.3. The Hall–Kier alpha value is -1.75. The maximum Gasteiger partial charge on any atom is 0.269 e. The van der Waals surface area contributed by atoms with Crippen molar-refractivity contribution in [1.29, 1.82) is 0 Å². The largest absolute Gasteiger partial charge is 0.300 e.